The van der Waals surface area contributed by atoms with Gasteiger partial charge in [0, 0.05) is 40.5 Å². The van der Waals surface area contributed by atoms with Crippen molar-refractivity contribution in [2.45, 2.75) is 20.8 Å². The quantitative estimate of drug-likeness (QED) is 0.317. The predicted octanol–water partition coefficient (Wildman–Crippen LogP) is 5.00. The summed E-state index contributed by atoms with van der Waals surface area (Å²) in [5.74, 6) is 0.518. The molecule has 0 atom stereocenters. The fourth-order valence-corrected chi connectivity index (χ4v) is 3.98. The monoisotopic (exact) mass is 489 g/mol. The molecule has 0 fully saturated rings. The van der Waals surface area contributed by atoms with Crippen molar-refractivity contribution in [3.05, 3.63) is 67.5 Å². The highest BCUT2D eigenvalue weighted by molar-refractivity contribution is 5.97. The third-order valence-corrected chi connectivity index (χ3v) is 5.98. The molecule has 0 bridgehead atoms. The van der Waals surface area contributed by atoms with E-state index in [9.17, 15) is 4.79 Å². The first-order chi connectivity index (χ1) is 17.9. The molecule has 6 rings (SSSR count). The fraction of sp³-hybridized carbons (Fsp3) is 0.148. The smallest absolute Gasteiger partial charge is 0.229 e. The molecule has 0 radical (unpaired) electrons. The highest BCUT2D eigenvalue weighted by Gasteiger charge is 2.22. The third-order valence-electron chi connectivity index (χ3n) is 5.98. The Labute approximate surface area is 211 Å². The lowest BCUT2D eigenvalue weighted by atomic mass is 9.95. The van der Waals surface area contributed by atoms with Crippen LogP contribution in [0.1, 0.15) is 20.8 Å². The topological polar surface area (TPSA) is 138 Å². The van der Waals surface area contributed by atoms with Crippen molar-refractivity contribution in [3.8, 4) is 34.0 Å². The molecule has 6 aromatic heterocycles. The Hall–Kier alpha value is -4.99. The van der Waals surface area contributed by atoms with E-state index in [-0.39, 0.29) is 5.91 Å². The number of amides is 1. The zero-order chi connectivity index (χ0) is 25.6. The lowest BCUT2D eigenvalue weighted by Crippen LogP contribution is -2.27. The number of rotatable bonds is 4. The van der Waals surface area contributed by atoms with Crippen LogP contribution in [0.2, 0.25) is 0 Å². The number of hydrogen-bond donors (Lipinski definition) is 3. The number of nitrogens with zero attached hydrogens (tertiary/aromatic N) is 6. The Morgan fingerprint density at radius 3 is 2.59 bits per heavy atom. The van der Waals surface area contributed by atoms with E-state index in [1.165, 1.54) is 0 Å². The number of pyridine rings is 4. The molecule has 0 aliphatic heterocycles. The number of fused-ring (bicyclic) bond motifs is 2. The zero-order valence-electron chi connectivity index (χ0n) is 20.4. The van der Waals surface area contributed by atoms with E-state index in [1.54, 1.807) is 37.2 Å². The zero-order valence-corrected chi connectivity index (χ0v) is 20.4. The minimum atomic E-state index is -0.516. The summed E-state index contributed by atoms with van der Waals surface area (Å²) in [5, 5.41) is 11.3. The second-order valence-corrected chi connectivity index (χ2v) is 9.74. The fourth-order valence-electron chi connectivity index (χ4n) is 3.98. The maximum Gasteiger partial charge on any atom is 0.229 e. The van der Waals surface area contributed by atoms with Crippen molar-refractivity contribution in [1.29, 1.82) is 0 Å². The highest BCUT2D eigenvalue weighted by Crippen LogP contribution is 2.32. The van der Waals surface area contributed by atoms with E-state index in [4.69, 9.17) is 4.98 Å². The molecular formula is C27H23N9O. The number of carbonyl (C=O) groups excluding carboxylic acids is 1. The highest BCUT2D eigenvalue weighted by atomic mass is 16.2. The van der Waals surface area contributed by atoms with Crippen LogP contribution in [0.4, 0.5) is 5.69 Å². The van der Waals surface area contributed by atoms with Crippen molar-refractivity contribution < 1.29 is 4.79 Å². The molecule has 1 amide bonds. The average Bonchev–Trinajstić information content (AvgIpc) is 3.52. The summed E-state index contributed by atoms with van der Waals surface area (Å²) in [4.78, 5) is 38.3. The molecular weight excluding hydrogens is 466 g/mol. The standard InChI is InChI=1S/C27H23N9O/c1-27(2,3)26(37)32-16-8-15(10-28-11-16)20-9-17-21(14-31-20)35-36-24(17)25-33-22-13-29-12-18(23(22)34-25)19-6-4-5-7-30-19/h4-14H,1-3H3,(H,32,37)(H,33,34)(H,35,36). The molecule has 0 saturated heterocycles. The molecule has 0 unspecified atom stereocenters. The molecule has 0 aliphatic carbocycles. The largest absolute Gasteiger partial charge is 0.335 e. The summed E-state index contributed by atoms with van der Waals surface area (Å²) in [7, 11) is 0. The van der Waals surface area contributed by atoms with Gasteiger partial charge in [-0.1, -0.05) is 26.8 Å². The van der Waals surface area contributed by atoms with Crippen molar-refractivity contribution in [2.24, 2.45) is 5.41 Å². The van der Waals surface area contributed by atoms with E-state index in [2.05, 4.69) is 40.4 Å². The number of carbonyl (C=O) groups is 1. The van der Waals surface area contributed by atoms with Gasteiger partial charge >= 0.3 is 0 Å². The molecule has 0 saturated carbocycles. The number of H-pyrrole nitrogens is 2. The Morgan fingerprint density at radius 1 is 0.919 bits per heavy atom. The minimum Gasteiger partial charge on any atom is -0.335 e. The molecule has 10 nitrogen and oxygen atoms in total. The van der Waals surface area contributed by atoms with Crippen LogP contribution in [0.15, 0.2) is 67.5 Å². The summed E-state index contributed by atoms with van der Waals surface area (Å²) in [5.41, 5.74) is 6.17. The van der Waals surface area contributed by atoms with E-state index < -0.39 is 5.41 Å². The molecule has 6 aromatic rings. The number of nitrogens with one attached hydrogen (secondary N) is 3. The Bertz CT molecular complexity index is 1760. The first-order valence-electron chi connectivity index (χ1n) is 11.7. The summed E-state index contributed by atoms with van der Waals surface area (Å²) < 4.78 is 0. The van der Waals surface area contributed by atoms with Gasteiger partial charge in [-0.05, 0) is 24.3 Å². The molecule has 0 spiro atoms. The lowest BCUT2D eigenvalue weighted by Gasteiger charge is -2.17. The molecule has 3 N–H and O–H groups in total. The van der Waals surface area contributed by atoms with Gasteiger partial charge in [0.05, 0.1) is 46.7 Å². The Balaban J connectivity index is 1.40. The van der Waals surface area contributed by atoms with E-state index in [0.29, 0.717) is 22.9 Å². The number of aromatic amines is 2. The van der Waals surface area contributed by atoms with Gasteiger partial charge in [-0.2, -0.15) is 5.10 Å². The SMILES string of the molecule is CC(C)(C)C(=O)Nc1cncc(-c2cc3c(-c4nc5c(-c6ccccn6)cncc5[nH]4)n[nH]c3cn2)c1. The average molecular weight is 490 g/mol. The molecule has 0 aromatic carbocycles. The Morgan fingerprint density at radius 2 is 1.78 bits per heavy atom. The molecule has 6 heterocycles. The second-order valence-electron chi connectivity index (χ2n) is 9.74. The molecule has 0 aliphatic rings. The lowest BCUT2D eigenvalue weighted by molar-refractivity contribution is -0.123. The van der Waals surface area contributed by atoms with Crippen LogP contribution in [-0.4, -0.2) is 46.0 Å². The number of aromatic nitrogens is 8. The number of imidazole rings is 1. The van der Waals surface area contributed by atoms with Crippen LogP contribution in [0.3, 0.4) is 0 Å². The van der Waals surface area contributed by atoms with Crippen LogP contribution in [0.5, 0.6) is 0 Å². The first kappa shape index (κ1) is 22.5. The van der Waals surface area contributed by atoms with E-state index in [1.807, 2.05) is 51.1 Å². The molecule has 182 valence electrons. The van der Waals surface area contributed by atoms with E-state index in [0.717, 1.165) is 38.8 Å². The van der Waals surface area contributed by atoms with Crippen LogP contribution in [0.25, 0.3) is 56.0 Å². The molecule has 37 heavy (non-hydrogen) atoms. The molecule has 10 heteroatoms. The van der Waals surface area contributed by atoms with E-state index >= 15 is 0 Å². The van der Waals surface area contributed by atoms with Crippen LogP contribution >= 0.6 is 0 Å². The maximum atomic E-state index is 12.4. The predicted molar refractivity (Wildman–Crippen MR) is 141 cm³/mol. The second kappa shape index (κ2) is 8.59. The van der Waals surface area contributed by atoms with Gasteiger partial charge < -0.3 is 10.3 Å². The van der Waals surface area contributed by atoms with Crippen molar-refractivity contribution in [1.82, 2.24) is 40.1 Å². The van der Waals surface area contributed by atoms with Crippen molar-refractivity contribution in [3.63, 3.8) is 0 Å². The van der Waals surface area contributed by atoms with Gasteiger partial charge in [-0.25, -0.2) is 4.98 Å². The third kappa shape index (κ3) is 4.18. The van der Waals surface area contributed by atoms with Gasteiger partial charge in [0.1, 0.15) is 11.2 Å². The van der Waals surface area contributed by atoms with Gasteiger partial charge in [0.2, 0.25) is 5.91 Å². The summed E-state index contributed by atoms with van der Waals surface area (Å²) in [6.07, 6.45) is 10.3. The number of hydrogen-bond acceptors (Lipinski definition) is 7. The van der Waals surface area contributed by atoms with Crippen LogP contribution < -0.4 is 5.32 Å². The minimum absolute atomic E-state index is 0.0866. The summed E-state index contributed by atoms with van der Waals surface area (Å²) in [6.45, 7) is 5.59. The maximum absolute atomic E-state index is 12.4. The van der Waals surface area contributed by atoms with Gasteiger partial charge in [0.15, 0.2) is 5.82 Å². The Kier molecular flexibility index (Phi) is 5.22. The summed E-state index contributed by atoms with van der Waals surface area (Å²) >= 11 is 0. The van der Waals surface area contributed by atoms with Crippen LogP contribution in [0, 0.1) is 5.41 Å². The first-order valence-corrected chi connectivity index (χ1v) is 11.7. The van der Waals surface area contributed by atoms with Gasteiger partial charge in [-0.3, -0.25) is 29.8 Å². The van der Waals surface area contributed by atoms with Gasteiger partial charge in [0.25, 0.3) is 0 Å². The normalized spacial score (nSPS) is 11.8. The van der Waals surface area contributed by atoms with Crippen molar-refractivity contribution in [2.75, 3.05) is 5.32 Å². The van der Waals surface area contributed by atoms with Gasteiger partial charge in [-0.15, -0.1) is 0 Å². The van der Waals surface area contributed by atoms with Crippen LogP contribution in [-0.2, 0) is 4.79 Å². The van der Waals surface area contributed by atoms with Crippen molar-refractivity contribution >= 4 is 33.5 Å². The summed E-state index contributed by atoms with van der Waals surface area (Å²) in [6, 6.07) is 9.53. The number of anilines is 1.